The van der Waals surface area contributed by atoms with Gasteiger partial charge in [0.2, 0.25) is 0 Å². The standard InChI is InChI=1S/C13H15N5O3/c1-18-11(10(14)7-15-18)12(19)16-8-4-3-5-9(6-8)17-13(20)21-2/h3-7H,14H2,1-2H3,(H,16,19)(H,17,20). The molecule has 4 N–H and O–H groups in total. The smallest absolute Gasteiger partial charge is 0.411 e. The molecule has 8 heteroatoms. The minimum Gasteiger partial charge on any atom is -0.453 e. The first-order valence-electron chi connectivity index (χ1n) is 6.05. The number of rotatable bonds is 3. The van der Waals surface area contributed by atoms with E-state index in [1.807, 2.05) is 0 Å². The molecule has 2 rings (SSSR count). The number of hydrogen-bond acceptors (Lipinski definition) is 5. The number of hydrogen-bond donors (Lipinski definition) is 3. The summed E-state index contributed by atoms with van der Waals surface area (Å²) in [6.07, 6.45) is 0.818. The van der Waals surface area contributed by atoms with Crippen LogP contribution in [-0.2, 0) is 11.8 Å². The SMILES string of the molecule is COC(=O)Nc1cccc(NC(=O)c2c(N)cnn2C)c1. The van der Waals surface area contributed by atoms with Crippen LogP contribution in [0.2, 0.25) is 0 Å². The summed E-state index contributed by atoms with van der Waals surface area (Å²) in [6, 6.07) is 6.65. The molecule has 0 spiro atoms. The van der Waals surface area contributed by atoms with Gasteiger partial charge in [0.05, 0.1) is 19.0 Å². The van der Waals surface area contributed by atoms with Crippen molar-refractivity contribution in [3.8, 4) is 0 Å². The van der Waals surface area contributed by atoms with Crippen LogP contribution in [0, 0.1) is 0 Å². The highest BCUT2D eigenvalue weighted by atomic mass is 16.5. The predicted octanol–water partition coefficient (Wildman–Crippen LogP) is 1.43. The number of anilines is 3. The van der Waals surface area contributed by atoms with Crippen molar-refractivity contribution >= 4 is 29.1 Å². The Labute approximate surface area is 120 Å². The minimum absolute atomic E-state index is 0.265. The van der Waals surface area contributed by atoms with Gasteiger partial charge in [0.25, 0.3) is 5.91 Å². The van der Waals surface area contributed by atoms with E-state index in [4.69, 9.17) is 5.73 Å². The monoisotopic (exact) mass is 289 g/mol. The van der Waals surface area contributed by atoms with Crippen LogP contribution in [0.1, 0.15) is 10.5 Å². The van der Waals surface area contributed by atoms with Crippen LogP contribution in [-0.4, -0.2) is 28.9 Å². The fraction of sp³-hybridized carbons (Fsp3) is 0.154. The third-order valence-corrected chi connectivity index (χ3v) is 2.73. The van der Waals surface area contributed by atoms with Gasteiger partial charge < -0.3 is 15.8 Å². The van der Waals surface area contributed by atoms with Crippen LogP contribution >= 0.6 is 0 Å². The summed E-state index contributed by atoms with van der Waals surface area (Å²) in [4.78, 5) is 23.3. The zero-order chi connectivity index (χ0) is 15.4. The van der Waals surface area contributed by atoms with Gasteiger partial charge in [-0.25, -0.2) is 4.79 Å². The highest BCUT2D eigenvalue weighted by Crippen LogP contribution is 2.17. The van der Waals surface area contributed by atoms with Crippen molar-refractivity contribution in [2.24, 2.45) is 7.05 Å². The Morgan fingerprint density at radius 3 is 2.52 bits per heavy atom. The lowest BCUT2D eigenvalue weighted by Gasteiger charge is -2.08. The van der Waals surface area contributed by atoms with Crippen LogP contribution in [0.25, 0.3) is 0 Å². The van der Waals surface area contributed by atoms with Crippen molar-refractivity contribution in [3.63, 3.8) is 0 Å². The van der Waals surface area contributed by atoms with Crippen LogP contribution in [0.5, 0.6) is 0 Å². The number of nitrogens with zero attached hydrogens (tertiary/aromatic N) is 2. The zero-order valence-corrected chi connectivity index (χ0v) is 11.6. The molecule has 2 amide bonds. The van der Waals surface area contributed by atoms with Crippen molar-refractivity contribution in [1.29, 1.82) is 0 Å². The van der Waals surface area contributed by atoms with E-state index in [2.05, 4.69) is 20.5 Å². The van der Waals surface area contributed by atoms with E-state index >= 15 is 0 Å². The van der Waals surface area contributed by atoms with Crippen molar-refractivity contribution in [3.05, 3.63) is 36.2 Å². The molecule has 8 nitrogen and oxygen atoms in total. The van der Waals surface area contributed by atoms with Crippen molar-refractivity contribution in [2.45, 2.75) is 0 Å². The second-order valence-corrected chi connectivity index (χ2v) is 4.22. The number of aryl methyl sites for hydroxylation is 1. The third kappa shape index (κ3) is 3.30. The molecule has 0 unspecified atom stereocenters. The number of ether oxygens (including phenoxy) is 1. The summed E-state index contributed by atoms with van der Waals surface area (Å²) < 4.78 is 5.89. The molecule has 0 saturated carbocycles. The van der Waals surface area contributed by atoms with Crippen LogP contribution in [0.4, 0.5) is 21.9 Å². The molecule has 1 aromatic heterocycles. The lowest BCUT2D eigenvalue weighted by Crippen LogP contribution is -2.18. The summed E-state index contributed by atoms with van der Waals surface area (Å²) >= 11 is 0. The quantitative estimate of drug-likeness (QED) is 0.791. The van der Waals surface area contributed by atoms with Gasteiger partial charge in [-0.2, -0.15) is 5.10 Å². The normalized spacial score (nSPS) is 10.0. The highest BCUT2D eigenvalue weighted by molar-refractivity contribution is 6.06. The molecule has 21 heavy (non-hydrogen) atoms. The molecular formula is C13H15N5O3. The summed E-state index contributed by atoms with van der Waals surface area (Å²) in [5, 5.41) is 9.10. The van der Waals surface area contributed by atoms with Crippen LogP contribution < -0.4 is 16.4 Å². The number of amides is 2. The average molecular weight is 289 g/mol. The number of methoxy groups -OCH3 is 1. The topological polar surface area (TPSA) is 111 Å². The second kappa shape index (κ2) is 5.95. The molecule has 0 saturated heterocycles. The molecule has 1 aromatic carbocycles. The fourth-order valence-corrected chi connectivity index (χ4v) is 1.77. The van der Waals surface area contributed by atoms with E-state index in [1.165, 1.54) is 18.0 Å². The lowest BCUT2D eigenvalue weighted by atomic mass is 10.2. The van der Waals surface area contributed by atoms with Crippen LogP contribution in [0.3, 0.4) is 0 Å². The molecule has 0 aliphatic rings. The van der Waals surface area contributed by atoms with Crippen molar-refractivity contribution in [1.82, 2.24) is 9.78 Å². The molecule has 0 aliphatic carbocycles. The van der Waals surface area contributed by atoms with E-state index in [1.54, 1.807) is 31.3 Å². The molecule has 1 heterocycles. The summed E-state index contributed by atoms with van der Waals surface area (Å²) in [5.74, 6) is -0.386. The molecule has 0 fully saturated rings. The number of aromatic nitrogens is 2. The Morgan fingerprint density at radius 1 is 1.29 bits per heavy atom. The highest BCUT2D eigenvalue weighted by Gasteiger charge is 2.15. The van der Waals surface area contributed by atoms with Crippen molar-refractivity contribution < 1.29 is 14.3 Å². The molecule has 2 aromatic rings. The maximum Gasteiger partial charge on any atom is 0.411 e. The Balaban J connectivity index is 2.15. The fourth-order valence-electron chi connectivity index (χ4n) is 1.77. The maximum absolute atomic E-state index is 12.1. The summed E-state index contributed by atoms with van der Waals surface area (Å²) in [7, 11) is 2.90. The van der Waals surface area contributed by atoms with E-state index in [0.717, 1.165) is 0 Å². The van der Waals surface area contributed by atoms with Gasteiger partial charge in [0, 0.05) is 18.4 Å². The first-order valence-corrected chi connectivity index (χ1v) is 6.05. The van der Waals surface area contributed by atoms with Gasteiger partial charge in [0.1, 0.15) is 5.69 Å². The Kier molecular flexibility index (Phi) is 4.07. The number of carbonyl (C=O) groups is 2. The minimum atomic E-state index is -0.589. The Morgan fingerprint density at radius 2 is 1.95 bits per heavy atom. The first-order chi connectivity index (χ1) is 10.0. The van der Waals surface area contributed by atoms with Gasteiger partial charge >= 0.3 is 6.09 Å². The molecule has 110 valence electrons. The zero-order valence-electron chi connectivity index (χ0n) is 11.6. The molecule has 0 aliphatic heterocycles. The third-order valence-electron chi connectivity index (χ3n) is 2.73. The number of nitrogens with one attached hydrogen (secondary N) is 2. The summed E-state index contributed by atoms with van der Waals surface area (Å²) in [5.41, 5.74) is 7.25. The van der Waals surface area contributed by atoms with E-state index in [-0.39, 0.29) is 11.6 Å². The number of nitrogens with two attached hydrogens (primary N) is 1. The predicted molar refractivity (Wildman–Crippen MR) is 78.0 cm³/mol. The van der Waals surface area contributed by atoms with Gasteiger partial charge in [-0.3, -0.25) is 14.8 Å². The average Bonchev–Trinajstić information content (AvgIpc) is 2.78. The van der Waals surface area contributed by atoms with E-state index < -0.39 is 6.09 Å². The Bertz CT molecular complexity index is 661. The maximum atomic E-state index is 12.1. The molecule has 0 radical (unpaired) electrons. The second-order valence-electron chi connectivity index (χ2n) is 4.22. The van der Waals surface area contributed by atoms with Gasteiger partial charge in [-0.1, -0.05) is 6.07 Å². The molecular weight excluding hydrogens is 274 g/mol. The number of benzene rings is 1. The number of nitrogen functional groups attached to an aromatic ring is 1. The lowest BCUT2D eigenvalue weighted by molar-refractivity contribution is 0.101. The largest absolute Gasteiger partial charge is 0.453 e. The van der Waals surface area contributed by atoms with Crippen molar-refractivity contribution in [2.75, 3.05) is 23.5 Å². The molecule has 0 atom stereocenters. The van der Waals surface area contributed by atoms with Gasteiger partial charge in [-0.05, 0) is 18.2 Å². The number of carbonyl (C=O) groups excluding carboxylic acids is 2. The first kappa shape index (κ1) is 14.4. The van der Waals surface area contributed by atoms with E-state index in [0.29, 0.717) is 17.1 Å². The van der Waals surface area contributed by atoms with Gasteiger partial charge in [0.15, 0.2) is 0 Å². The van der Waals surface area contributed by atoms with Crippen LogP contribution in [0.15, 0.2) is 30.5 Å². The van der Waals surface area contributed by atoms with E-state index in [9.17, 15) is 9.59 Å². The summed E-state index contributed by atoms with van der Waals surface area (Å²) in [6.45, 7) is 0. The molecule has 0 bridgehead atoms. The Hall–Kier alpha value is -3.03. The van der Waals surface area contributed by atoms with Gasteiger partial charge in [-0.15, -0.1) is 0 Å².